The minimum Gasteiger partial charge on any atom is -0.492 e. The predicted molar refractivity (Wildman–Crippen MR) is 128 cm³/mol. The first-order valence-corrected chi connectivity index (χ1v) is 10.8. The lowest BCUT2D eigenvalue weighted by atomic mass is 10.0. The zero-order valence-corrected chi connectivity index (χ0v) is 19.0. The number of para-hydroxylation sites is 2. The molecule has 0 spiro atoms. The van der Waals surface area contributed by atoms with Crippen LogP contribution in [0, 0.1) is 6.92 Å². The minimum absolute atomic E-state index is 0.156. The lowest BCUT2D eigenvalue weighted by Crippen LogP contribution is -2.33. The number of nitrogens with one attached hydrogen (secondary N) is 1. The number of rotatable bonds is 6. The van der Waals surface area contributed by atoms with Gasteiger partial charge in [0.05, 0.1) is 23.6 Å². The van der Waals surface area contributed by atoms with Gasteiger partial charge in [0.15, 0.2) is 0 Å². The number of hydrogen-bond donors (Lipinski definition) is 1. The van der Waals surface area contributed by atoms with E-state index in [1.165, 1.54) is 0 Å². The lowest BCUT2D eigenvalue weighted by molar-refractivity contribution is -0.120. The van der Waals surface area contributed by atoms with Crippen molar-refractivity contribution in [3.8, 4) is 5.75 Å². The second kappa shape index (κ2) is 9.07. The van der Waals surface area contributed by atoms with Crippen molar-refractivity contribution in [2.75, 3.05) is 16.8 Å². The van der Waals surface area contributed by atoms with Gasteiger partial charge in [0, 0.05) is 10.0 Å². The fourth-order valence-electron chi connectivity index (χ4n) is 3.57. The Morgan fingerprint density at radius 1 is 0.906 bits per heavy atom. The summed E-state index contributed by atoms with van der Waals surface area (Å²) in [6.45, 7) is 4.11. The number of imide groups is 1. The van der Waals surface area contributed by atoms with Crippen molar-refractivity contribution in [2.24, 2.45) is 0 Å². The number of amides is 2. The molecule has 1 heterocycles. The summed E-state index contributed by atoms with van der Waals surface area (Å²) in [5, 5.41) is 4.15. The van der Waals surface area contributed by atoms with Gasteiger partial charge in [-0.3, -0.25) is 9.59 Å². The van der Waals surface area contributed by atoms with E-state index in [9.17, 15) is 9.59 Å². The molecule has 0 fully saturated rings. The summed E-state index contributed by atoms with van der Waals surface area (Å²) in [5.41, 5.74) is 2.64. The Balaban J connectivity index is 1.86. The lowest BCUT2D eigenvalue weighted by Gasteiger charge is -2.18. The molecule has 4 rings (SSSR count). The van der Waals surface area contributed by atoms with Gasteiger partial charge in [-0.1, -0.05) is 53.5 Å². The number of hydrogen-bond acceptors (Lipinski definition) is 4. The molecule has 0 saturated heterocycles. The fourth-order valence-corrected chi connectivity index (χ4v) is 3.87. The van der Waals surface area contributed by atoms with Crippen LogP contribution >= 0.6 is 23.2 Å². The van der Waals surface area contributed by atoms with E-state index in [1.54, 1.807) is 61.5 Å². The molecule has 1 aliphatic rings. The van der Waals surface area contributed by atoms with E-state index < -0.39 is 11.8 Å². The Hall–Kier alpha value is -3.28. The summed E-state index contributed by atoms with van der Waals surface area (Å²) in [5.74, 6) is -0.341. The van der Waals surface area contributed by atoms with Crippen molar-refractivity contribution in [1.82, 2.24) is 0 Å². The molecule has 3 aromatic rings. The summed E-state index contributed by atoms with van der Waals surface area (Å²) in [6.07, 6.45) is 0. The van der Waals surface area contributed by atoms with Crippen LogP contribution in [0.5, 0.6) is 5.75 Å². The van der Waals surface area contributed by atoms with Crippen LogP contribution in [0.15, 0.2) is 72.4 Å². The fraction of sp³-hybridized carbons (Fsp3) is 0.120. The standard InChI is InChI=1S/C25H20Cl2N2O3/c1-3-32-21-10-5-4-8-19(21)28-23-22(16-11-13-17(26)14-12-16)24(30)29(25(23)31)20-9-6-7-18(27)15(20)2/h4-14,28H,3H2,1-2H3. The molecule has 162 valence electrons. The highest BCUT2D eigenvalue weighted by Crippen LogP contribution is 2.38. The van der Waals surface area contributed by atoms with Gasteiger partial charge in [0.1, 0.15) is 11.4 Å². The first-order chi connectivity index (χ1) is 15.4. The second-order valence-corrected chi connectivity index (χ2v) is 7.98. The molecule has 0 aliphatic carbocycles. The molecule has 5 nitrogen and oxygen atoms in total. The summed E-state index contributed by atoms with van der Waals surface area (Å²) in [6, 6.07) is 19.2. The number of carbonyl (C=O) groups excluding carboxylic acids is 2. The minimum atomic E-state index is -0.475. The first kappa shape index (κ1) is 21.9. The van der Waals surface area contributed by atoms with Crippen LogP contribution in [0.25, 0.3) is 5.57 Å². The molecule has 3 aromatic carbocycles. The van der Waals surface area contributed by atoms with Gasteiger partial charge in [-0.15, -0.1) is 0 Å². The summed E-state index contributed by atoms with van der Waals surface area (Å²) < 4.78 is 5.68. The van der Waals surface area contributed by atoms with Crippen molar-refractivity contribution in [2.45, 2.75) is 13.8 Å². The second-order valence-electron chi connectivity index (χ2n) is 7.14. The summed E-state index contributed by atoms with van der Waals surface area (Å²) in [7, 11) is 0. The van der Waals surface area contributed by atoms with Crippen molar-refractivity contribution >= 4 is 52.0 Å². The highest BCUT2D eigenvalue weighted by molar-refractivity contribution is 6.46. The monoisotopic (exact) mass is 466 g/mol. The van der Waals surface area contributed by atoms with Crippen LogP contribution in [0.3, 0.4) is 0 Å². The van der Waals surface area contributed by atoms with E-state index >= 15 is 0 Å². The summed E-state index contributed by atoms with van der Waals surface area (Å²) >= 11 is 12.3. The van der Waals surface area contributed by atoms with E-state index in [0.29, 0.717) is 44.9 Å². The SMILES string of the molecule is CCOc1ccccc1NC1=C(c2ccc(Cl)cc2)C(=O)N(c2cccc(Cl)c2C)C1=O. The predicted octanol–water partition coefficient (Wildman–Crippen LogP) is 6.10. The number of anilines is 2. The summed E-state index contributed by atoms with van der Waals surface area (Å²) in [4.78, 5) is 28.3. The van der Waals surface area contributed by atoms with E-state index in [1.807, 2.05) is 19.1 Å². The number of carbonyl (C=O) groups is 2. The van der Waals surface area contributed by atoms with Crippen LogP contribution in [0.4, 0.5) is 11.4 Å². The van der Waals surface area contributed by atoms with E-state index in [4.69, 9.17) is 27.9 Å². The van der Waals surface area contributed by atoms with Crippen molar-refractivity contribution in [3.63, 3.8) is 0 Å². The molecule has 0 atom stereocenters. The van der Waals surface area contributed by atoms with Gasteiger partial charge >= 0.3 is 0 Å². The maximum absolute atomic E-state index is 13.6. The Kier molecular flexibility index (Phi) is 6.21. The van der Waals surface area contributed by atoms with Crippen molar-refractivity contribution in [3.05, 3.63) is 93.6 Å². The number of ether oxygens (including phenoxy) is 1. The zero-order chi connectivity index (χ0) is 22.8. The van der Waals surface area contributed by atoms with E-state index in [2.05, 4.69) is 5.32 Å². The van der Waals surface area contributed by atoms with E-state index in [-0.39, 0.29) is 11.3 Å². The molecular formula is C25H20Cl2N2O3. The quantitative estimate of drug-likeness (QED) is 0.446. The molecule has 1 N–H and O–H groups in total. The van der Waals surface area contributed by atoms with Gasteiger partial charge in [0.2, 0.25) is 0 Å². The van der Waals surface area contributed by atoms with E-state index in [0.717, 1.165) is 4.90 Å². The number of halogens is 2. The van der Waals surface area contributed by atoms with Crippen LogP contribution in [-0.4, -0.2) is 18.4 Å². The maximum Gasteiger partial charge on any atom is 0.282 e. The zero-order valence-electron chi connectivity index (χ0n) is 17.5. The van der Waals surface area contributed by atoms with Gasteiger partial charge in [0.25, 0.3) is 11.8 Å². The van der Waals surface area contributed by atoms with Gasteiger partial charge < -0.3 is 10.1 Å². The van der Waals surface area contributed by atoms with Crippen LogP contribution in [0.2, 0.25) is 10.0 Å². The normalized spacial score (nSPS) is 13.7. The Morgan fingerprint density at radius 2 is 1.62 bits per heavy atom. The van der Waals surface area contributed by atoms with Gasteiger partial charge in [-0.05, 0) is 61.4 Å². The molecule has 2 amide bonds. The Labute approximate surface area is 196 Å². The largest absolute Gasteiger partial charge is 0.492 e. The molecule has 32 heavy (non-hydrogen) atoms. The molecule has 0 unspecified atom stereocenters. The highest BCUT2D eigenvalue weighted by atomic mass is 35.5. The highest BCUT2D eigenvalue weighted by Gasteiger charge is 2.41. The molecule has 7 heteroatoms. The van der Waals surface area contributed by atoms with Crippen molar-refractivity contribution < 1.29 is 14.3 Å². The topological polar surface area (TPSA) is 58.6 Å². The first-order valence-electron chi connectivity index (χ1n) is 10.0. The Morgan fingerprint density at radius 3 is 2.34 bits per heavy atom. The smallest absolute Gasteiger partial charge is 0.282 e. The third-order valence-electron chi connectivity index (χ3n) is 5.14. The third kappa shape index (κ3) is 3.97. The van der Waals surface area contributed by atoms with Gasteiger partial charge in [-0.25, -0.2) is 4.90 Å². The maximum atomic E-state index is 13.6. The molecular weight excluding hydrogens is 447 g/mol. The van der Waals surface area contributed by atoms with Crippen molar-refractivity contribution in [1.29, 1.82) is 0 Å². The molecule has 1 aliphatic heterocycles. The molecule has 0 saturated carbocycles. The van der Waals surface area contributed by atoms with Crippen LogP contribution in [-0.2, 0) is 9.59 Å². The number of benzene rings is 3. The number of nitrogens with zero attached hydrogens (tertiary/aromatic N) is 1. The molecule has 0 aromatic heterocycles. The van der Waals surface area contributed by atoms with Gasteiger partial charge in [-0.2, -0.15) is 0 Å². The van der Waals surface area contributed by atoms with Crippen LogP contribution in [0.1, 0.15) is 18.1 Å². The Bertz CT molecular complexity index is 1240. The molecule has 0 bridgehead atoms. The average molecular weight is 467 g/mol. The average Bonchev–Trinajstić information content (AvgIpc) is 3.02. The molecule has 0 radical (unpaired) electrons. The van der Waals surface area contributed by atoms with Crippen LogP contribution < -0.4 is 15.0 Å². The third-order valence-corrected chi connectivity index (χ3v) is 5.80.